The molecule has 1 amide bonds. The third kappa shape index (κ3) is 3.37. The molecule has 0 radical (unpaired) electrons. The Labute approximate surface area is 136 Å². The van der Waals surface area contributed by atoms with E-state index < -0.39 is 6.10 Å². The van der Waals surface area contributed by atoms with Crippen molar-refractivity contribution in [2.75, 3.05) is 7.11 Å². The first-order valence-electron chi connectivity index (χ1n) is 7.81. The standard InChI is InChI=1S/C19H21NO3/c1-13(17-12-15-10-6-7-11-16(15)23-17)20-19(21)18(22-2)14-8-4-3-5-9-14/h3-11,13,17-18H,12H2,1-2H3,(H,20,21)/t13-,17+,18-/m1/s1. The third-order valence-corrected chi connectivity index (χ3v) is 4.18. The molecule has 0 aliphatic carbocycles. The van der Waals surface area contributed by atoms with Crippen LogP contribution in [0, 0.1) is 0 Å². The Morgan fingerprint density at radius 2 is 1.87 bits per heavy atom. The SMILES string of the molecule is CO[C@@H](C(=O)N[C@H](C)[C@@H]1Cc2ccccc2O1)c1ccccc1. The molecule has 0 spiro atoms. The Kier molecular flexibility index (Phi) is 4.63. The van der Waals surface area contributed by atoms with E-state index in [2.05, 4.69) is 11.4 Å². The van der Waals surface area contributed by atoms with E-state index >= 15 is 0 Å². The van der Waals surface area contributed by atoms with Crippen molar-refractivity contribution in [1.82, 2.24) is 5.32 Å². The summed E-state index contributed by atoms with van der Waals surface area (Å²) in [7, 11) is 1.55. The van der Waals surface area contributed by atoms with E-state index in [9.17, 15) is 4.79 Å². The molecule has 0 unspecified atom stereocenters. The molecule has 23 heavy (non-hydrogen) atoms. The lowest BCUT2D eigenvalue weighted by Gasteiger charge is -2.23. The molecule has 1 aliphatic heterocycles. The highest BCUT2D eigenvalue weighted by Gasteiger charge is 2.30. The lowest BCUT2D eigenvalue weighted by atomic mass is 10.0. The summed E-state index contributed by atoms with van der Waals surface area (Å²) in [5.41, 5.74) is 2.03. The lowest BCUT2D eigenvalue weighted by Crippen LogP contribution is -2.45. The Morgan fingerprint density at radius 1 is 1.17 bits per heavy atom. The molecule has 1 heterocycles. The smallest absolute Gasteiger partial charge is 0.254 e. The van der Waals surface area contributed by atoms with Crippen molar-refractivity contribution in [3.8, 4) is 5.75 Å². The van der Waals surface area contributed by atoms with Crippen molar-refractivity contribution in [3.05, 3.63) is 65.7 Å². The number of para-hydroxylation sites is 1. The van der Waals surface area contributed by atoms with E-state index in [0.717, 1.165) is 17.7 Å². The second-order valence-electron chi connectivity index (χ2n) is 5.79. The van der Waals surface area contributed by atoms with E-state index in [1.807, 2.05) is 55.5 Å². The number of fused-ring (bicyclic) bond motifs is 1. The second-order valence-corrected chi connectivity index (χ2v) is 5.79. The minimum Gasteiger partial charge on any atom is -0.488 e. The molecule has 120 valence electrons. The topological polar surface area (TPSA) is 47.6 Å². The average molecular weight is 311 g/mol. The maximum Gasteiger partial charge on any atom is 0.254 e. The molecule has 1 aliphatic rings. The van der Waals surface area contributed by atoms with Crippen LogP contribution in [0.2, 0.25) is 0 Å². The van der Waals surface area contributed by atoms with Gasteiger partial charge in [-0.15, -0.1) is 0 Å². The van der Waals surface area contributed by atoms with E-state index in [1.165, 1.54) is 5.56 Å². The first-order chi connectivity index (χ1) is 11.2. The van der Waals surface area contributed by atoms with E-state index in [4.69, 9.17) is 9.47 Å². The van der Waals surface area contributed by atoms with Gasteiger partial charge in [-0.3, -0.25) is 4.79 Å². The minimum absolute atomic E-state index is 0.0513. The van der Waals surface area contributed by atoms with Crippen LogP contribution in [0.5, 0.6) is 5.75 Å². The van der Waals surface area contributed by atoms with Gasteiger partial charge < -0.3 is 14.8 Å². The number of benzene rings is 2. The highest BCUT2D eigenvalue weighted by Crippen LogP contribution is 2.29. The zero-order valence-corrected chi connectivity index (χ0v) is 13.4. The maximum atomic E-state index is 12.5. The van der Waals surface area contributed by atoms with Crippen LogP contribution < -0.4 is 10.1 Å². The zero-order valence-electron chi connectivity index (χ0n) is 13.4. The van der Waals surface area contributed by atoms with Crippen LogP contribution in [0.4, 0.5) is 0 Å². The van der Waals surface area contributed by atoms with Gasteiger partial charge in [0.05, 0.1) is 6.04 Å². The Balaban J connectivity index is 1.64. The molecule has 4 nitrogen and oxygen atoms in total. The highest BCUT2D eigenvalue weighted by atomic mass is 16.5. The van der Waals surface area contributed by atoms with Crippen LogP contribution in [-0.2, 0) is 16.0 Å². The Hall–Kier alpha value is -2.33. The number of methoxy groups -OCH3 is 1. The molecule has 0 aromatic heterocycles. The van der Waals surface area contributed by atoms with Gasteiger partial charge in [0.15, 0.2) is 6.10 Å². The first kappa shape index (κ1) is 15.6. The van der Waals surface area contributed by atoms with Gasteiger partial charge in [-0.2, -0.15) is 0 Å². The van der Waals surface area contributed by atoms with Crippen molar-refractivity contribution in [2.45, 2.75) is 31.6 Å². The fourth-order valence-corrected chi connectivity index (χ4v) is 2.90. The molecular formula is C19H21NO3. The molecule has 0 saturated carbocycles. The van der Waals surface area contributed by atoms with Crippen molar-refractivity contribution in [2.24, 2.45) is 0 Å². The fraction of sp³-hybridized carbons (Fsp3) is 0.316. The summed E-state index contributed by atoms with van der Waals surface area (Å²) in [6.45, 7) is 1.96. The summed E-state index contributed by atoms with van der Waals surface area (Å²) < 4.78 is 11.3. The normalized spacial score (nSPS) is 18.6. The number of ether oxygens (including phenoxy) is 2. The molecule has 3 rings (SSSR count). The Bertz CT molecular complexity index is 646. The van der Waals surface area contributed by atoms with Crippen molar-refractivity contribution < 1.29 is 14.3 Å². The number of hydrogen-bond donors (Lipinski definition) is 1. The second kappa shape index (κ2) is 6.84. The number of hydrogen-bond acceptors (Lipinski definition) is 3. The maximum absolute atomic E-state index is 12.5. The number of carbonyl (C=O) groups is 1. The summed E-state index contributed by atoms with van der Waals surface area (Å²) in [6, 6.07) is 17.4. The lowest BCUT2D eigenvalue weighted by molar-refractivity contribution is -0.132. The van der Waals surface area contributed by atoms with Gasteiger partial charge in [0.25, 0.3) is 5.91 Å². The minimum atomic E-state index is -0.609. The van der Waals surface area contributed by atoms with Crippen LogP contribution in [0.15, 0.2) is 54.6 Å². The van der Waals surface area contributed by atoms with Gasteiger partial charge in [0.2, 0.25) is 0 Å². The molecule has 4 heteroatoms. The van der Waals surface area contributed by atoms with E-state index in [0.29, 0.717) is 0 Å². The summed E-state index contributed by atoms with van der Waals surface area (Å²) in [6.07, 6.45) is 0.146. The molecular weight excluding hydrogens is 290 g/mol. The van der Waals surface area contributed by atoms with Crippen LogP contribution in [0.25, 0.3) is 0 Å². The van der Waals surface area contributed by atoms with Gasteiger partial charge >= 0.3 is 0 Å². The van der Waals surface area contributed by atoms with Gasteiger partial charge in [-0.05, 0) is 24.1 Å². The van der Waals surface area contributed by atoms with Gasteiger partial charge in [-0.1, -0.05) is 48.5 Å². The predicted molar refractivity (Wildman–Crippen MR) is 88.4 cm³/mol. The van der Waals surface area contributed by atoms with E-state index in [1.54, 1.807) is 7.11 Å². The Morgan fingerprint density at radius 3 is 2.57 bits per heavy atom. The molecule has 0 bridgehead atoms. The highest BCUT2D eigenvalue weighted by molar-refractivity contribution is 5.82. The largest absolute Gasteiger partial charge is 0.488 e. The zero-order chi connectivity index (χ0) is 16.2. The van der Waals surface area contributed by atoms with Gasteiger partial charge in [-0.25, -0.2) is 0 Å². The van der Waals surface area contributed by atoms with Crippen molar-refractivity contribution >= 4 is 5.91 Å². The summed E-state index contributed by atoms with van der Waals surface area (Å²) >= 11 is 0. The number of nitrogens with one attached hydrogen (secondary N) is 1. The number of rotatable bonds is 5. The van der Waals surface area contributed by atoms with Gasteiger partial charge in [0.1, 0.15) is 11.9 Å². The van der Waals surface area contributed by atoms with Crippen molar-refractivity contribution in [1.29, 1.82) is 0 Å². The molecule has 2 aromatic rings. The first-order valence-corrected chi connectivity index (χ1v) is 7.81. The molecule has 0 fully saturated rings. The molecule has 1 N–H and O–H groups in total. The van der Waals surface area contributed by atoms with Crippen LogP contribution in [0.1, 0.15) is 24.2 Å². The number of amides is 1. The van der Waals surface area contributed by atoms with Crippen LogP contribution >= 0.6 is 0 Å². The molecule has 0 saturated heterocycles. The van der Waals surface area contributed by atoms with Gasteiger partial charge in [0, 0.05) is 13.5 Å². The fourth-order valence-electron chi connectivity index (χ4n) is 2.90. The monoisotopic (exact) mass is 311 g/mol. The average Bonchev–Trinajstić information content (AvgIpc) is 3.01. The summed E-state index contributed by atoms with van der Waals surface area (Å²) in [4.78, 5) is 12.5. The number of carbonyl (C=O) groups excluding carboxylic acids is 1. The van der Waals surface area contributed by atoms with Crippen LogP contribution in [0.3, 0.4) is 0 Å². The summed E-state index contributed by atoms with van der Waals surface area (Å²) in [5.74, 6) is 0.760. The van der Waals surface area contributed by atoms with E-state index in [-0.39, 0.29) is 18.1 Å². The molecule has 3 atom stereocenters. The third-order valence-electron chi connectivity index (χ3n) is 4.18. The van der Waals surface area contributed by atoms with Crippen molar-refractivity contribution in [3.63, 3.8) is 0 Å². The predicted octanol–water partition coefficient (Wildman–Crippen LogP) is 2.88. The van der Waals surface area contributed by atoms with Crippen LogP contribution in [-0.4, -0.2) is 25.2 Å². The quantitative estimate of drug-likeness (QED) is 0.923. The summed E-state index contributed by atoms with van der Waals surface area (Å²) in [5, 5.41) is 3.02. The molecule has 2 aromatic carbocycles.